The van der Waals surface area contributed by atoms with Crippen LogP contribution in [0, 0.1) is 0 Å². The zero-order valence-electron chi connectivity index (χ0n) is 10.1. The van der Waals surface area contributed by atoms with Gasteiger partial charge in [-0.3, -0.25) is 4.79 Å². The molecule has 0 aliphatic carbocycles. The summed E-state index contributed by atoms with van der Waals surface area (Å²) in [6.07, 6.45) is -8.07. The third-order valence-electron chi connectivity index (χ3n) is 2.37. The molecule has 0 heterocycles. The van der Waals surface area contributed by atoms with Crippen LogP contribution in [0.1, 0.15) is 41.8 Å². The van der Waals surface area contributed by atoms with E-state index in [1.54, 1.807) is 0 Å². The number of benzene rings is 1. The van der Waals surface area contributed by atoms with Crippen LogP contribution < -0.4 is 4.74 Å². The fourth-order valence-corrected chi connectivity index (χ4v) is 1.65. The van der Waals surface area contributed by atoms with Crippen molar-refractivity contribution in [1.29, 1.82) is 0 Å². The summed E-state index contributed by atoms with van der Waals surface area (Å²) in [4.78, 5) is 11.2. The average molecular weight is 282 g/mol. The molecule has 7 heteroatoms. The summed E-state index contributed by atoms with van der Waals surface area (Å²) in [5.74, 6) is -1.84. The summed E-state index contributed by atoms with van der Waals surface area (Å²) in [5, 5.41) is 0. The number of carbonyl (C=O) groups is 1. The van der Waals surface area contributed by atoms with E-state index < -0.39 is 40.8 Å². The Hall–Kier alpha value is -1.66. The minimum Gasteiger partial charge on any atom is -0.493 e. The van der Waals surface area contributed by atoms with Crippen LogP contribution in [0.25, 0.3) is 0 Å². The molecule has 0 unspecified atom stereocenters. The second kappa shape index (κ2) is 5.54. The van der Waals surface area contributed by atoms with Gasteiger partial charge in [0.05, 0.1) is 12.2 Å². The van der Waals surface area contributed by atoms with E-state index in [9.17, 15) is 26.7 Å². The number of carbonyl (C=O) groups excluding carboxylic acids is 1. The van der Waals surface area contributed by atoms with Crippen LogP contribution in [-0.2, 0) is 6.18 Å². The van der Waals surface area contributed by atoms with Crippen LogP contribution in [0.2, 0.25) is 0 Å². The van der Waals surface area contributed by atoms with Crippen molar-refractivity contribution in [3.05, 3.63) is 28.8 Å². The van der Waals surface area contributed by atoms with Crippen molar-refractivity contribution in [2.75, 3.05) is 6.61 Å². The molecule has 1 rings (SSSR count). The van der Waals surface area contributed by atoms with E-state index >= 15 is 0 Å². The zero-order chi connectivity index (χ0) is 14.8. The van der Waals surface area contributed by atoms with Gasteiger partial charge in [0.25, 0.3) is 6.43 Å². The third-order valence-corrected chi connectivity index (χ3v) is 2.37. The van der Waals surface area contributed by atoms with Gasteiger partial charge < -0.3 is 4.74 Å². The van der Waals surface area contributed by atoms with Crippen molar-refractivity contribution in [3.8, 4) is 5.75 Å². The number of Topliss-reactive ketones (excluding diaryl/α,β-unsaturated/α-hetero) is 1. The van der Waals surface area contributed by atoms with Gasteiger partial charge in [-0.25, -0.2) is 8.78 Å². The molecule has 106 valence electrons. The monoisotopic (exact) mass is 282 g/mol. The average Bonchev–Trinajstić information content (AvgIpc) is 2.26. The van der Waals surface area contributed by atoms with Crippen molar-refractivity contribution in [2.45, 2.75) is 26.4 Å². The van der Waals surface area contributed by atoms with Crippen molar-refractivity contribution in [1.82, 2.24) is 0 Å². The largest absolute Gasteiger partial charge is 0.493 e. The Morgan fingerprint density at radius 2 is 1.89 bits per heavy atom. The second-order valence-corrected chi connectivity index (χ2v) is 3.69. The maximum atomic E-state index is 13.0. The lowest BCUT2D eigenvalue weighted by molar-refractivity contribution is -0.139. The first-order valence-electron chi connectivity index (χ1n) is 5.36. The van der Waals surface area contributed by atoms with E-state index in [1.165, 1.54) is 6.92 Å². The number of alkyl halides is 5. The molecule has 0 bridgehead atoms. The van der Waals surface area contributed by atoms with Gasteiger partial charge in [-0.2, -0.15) is 13.2 Å². The molecule has 0 aromatic heterocycles. The third kappa shape index (κ3) is 3.21. The van der Waals surface area contributed by atoms with Crippen molar-refractivity contribution in [2.24, 2.45) is 0 Å². The molecule has 0 aliphatic heterocycles. The molecule has 0 amide bonds. The number of ketones is 1. The number of ether oxygens (including phenoxy) is 1. The lowest BCUT2D eigenvalue weighted by atomic mass is 9.99. The SMILES string of the molecule is CCOc1c(C(F)F)ccc(C(C)=O)c1C(F)(F)F. The van der Waals surface area contributed by atoms with Gasteiger partial charge in [0.2, 0.25) is 0 Å². The van der Waals surface area contributed by atoms with E-state index in [0.717, 1.165) is 19.1 Å². The van der Waals surface area contributed by atoms with Gasteiger partial charge in [-0.1, -0.05) is 6.07 Å². The van der Waals surface area contributed by atoms with Crippen LogP contribution in [0.5, 0.6) is 5.75 Å². The number of hydrogen-bond acceptors (Lipinski definition) is 2. The Bertz CT molecular complexity index is 480. The van der Waals surface area contributed by atoms with Crippen molar-refractivity contribution < 1.29 is 31.5 Å². The standard InChI is InChI=1S/C12H11F5O2/c1-3-19-10-8(11(13)14)5-4-7(6(2)18)9(10)12(15,16)17/h4-5,11H,3H2,1-2H3. The molecular formula is C12H11F5O2. The lowest BCUT2D eigenvalue weighted by Crippen LogP contribution is -2.16. The molecule has 0 saturated heterocycles. The smallest absolute Gasteiger partial charge is 0.420 e. The molecule has 0 atom stereocenters. The van der Waals surface area contributed by atoms with E-state index in [0.29, 0.717) is 0 Å². The molecule has 0 aliphatic rings. The Kier molecular flexibility index (Phi) is 4.49. The molecule has 2 nitrogen and oxygen atoms in total. The number of halogens is 5. The molecule has 1 aromatic rings. The second-order valence-electron chi connectivity index (χ2n) is 3.69. The van der Waals surface area contributed by atoms with Gasteiger partial charge >= 0.3 is 6.18 Å². The predicted octanol–water partition coefficient (Wildman–Crippen LogP) is 4.24. The first kappa shape index (κ1) is 15.4. The van der Waals surface area contributed by atoms with Gasteiger partial charge in [0, 0.05) is 5.56 Å². The highest BCUT2D eigenvalue weighted by Crippen LogP contribution is 2.43. The van der Waals surface area contributed by atoms with E-state index in [2.05, 4.69) is 0 Å². The molecule has 0 spiro atoms. The minimum atomic E-state index is -4.95. The first-order chi connectivity index (χ1) is 8.70. The van der Waals surface area contributed by atoms with E-state index in [4.69, 9.17) is 4.74 Å². The Morgan fingerprint density at radius 3 is 2.26 bits per heavy atom. The van der Waals surface area contributed by atoms with Crippen LogP contribution in [0.3, 0.4) is 0 Å². The molecule has 0 N–H and O–H groups in total. The number of hydrogen-bond donors (Lipinski definition) is 0. The zero-order valence-corrected chi connectivity index (χ0v) is 10.1. The molecular weight excluding hydrogens is 271 g/mol. The summed E-state index contributed by atoms with van der Waals surface area (Å²) in [7, 11) is 0. The summed E-state index contributed by atoms with van der Waals surface area (Å²) < 4.78 is 69.0. The maximum absolute atomic E-state index is 13.0. The Morgan fingerprint density at radius 1 is 1.32 bits per heavy atom. The molecule has 0 saturated carbocycles. The predicted molar refractivity (Wildman–Crippen MR) is 57.6 cm³/mol. The highest BCUT2D eigenvalue weighted by molar-refractivity contribution is 5.96. The quantitative estimate of drug-likeness (QED) is 0.609. The first-order valence-corrected chi connectivity index (χ1v) is 5.36. The minimum absolute atomic E-state index is 0.218. The Balaban J connectivity index is 3.66. The van der Waals surface area contributed by atoms with Gasteiger partial charge in [-0.05, 0) is 19.9 Å². The number of rotatable bonds is 4. The lowest BCUT2D eigenvalue weighted by Gasteiger charge is -2.19. The molecule has 1 aromatic carbocycles. The summed E-state index contributed by atoms with van der Waals surface area (Å²) in [5.41, 5.74) is -3.00. The Labute approximate surface area is 106 Å². The topological polar surface area (TPSA) is 26.3 Å². The fourth-order valence-electron chi connectivity index (χ4n) is 1.65. The van der Waals surface area contributed by atoms with E-state index in [-0.39, 0.29) is 6.61 Å². The highest BCUT2D eigenvalue weighted by atomic mass is 19.4. The van der Waals surface area contributed by atoms with Gasteiger partial charge in [0.15, 0.2) is 5.78 Å². The van der Waals surface area contributed by atoms with Gasteiger partial charge in [0.1, 0.15) is 11.3 Å². The summed E-state index contributed by atoms with van der Waals surface area (Å²) in [6.45, 7) is 2.09. The fraction of sp³-hybridized carbons (Fsp3) is 0.417. The van der Waals surface area contributed by atoms with Crippen LogP contribution in [0.15, 0.2) is 12.1 Å². The van der Waals surface area contributed by atoms with E-state index in [1.807, 2.05) is 0 Å². The van der Waals surface area contributed by atoms with Crippen molar-refractivity contribution in [3.63, 3.8) is 0 Å². The van der Waals surface area contributed by atoms with Crippen LogP contribution in [0.4, 0.5) is 22.0 Å². The normalized spacial score (nSPS) is 11.8. The molecule has 0 radical (unpaired) electrons. The van der Waals surface area contributed by atoms with Gasteiger partial charge in [-0.15, -0.1) is 0 Å². The summed E-state index contributed by atoms with van der Waals surface area (Å²) in [6, 6.07) is 1.52. The molecule has 0 fully saturated rings. The maximum Gasteiger partial charge on any atom is 0.420 e. The van der Waals surface area contributed by atoms with Crippen LogP contribution >= 0.6 is 0 Å². The van der Waals surface area contributed by atoms with Crippen LogP contribution in [-0.4, -0.2) is 12.4 Å². The highest BCUT2D eigenvalue weighted by Gasteiger charge is 2.40. The van der Waals surface area contributed by atoms with Crippen molar-refractivity contribution >= 4 is 5.78 Å². The molecule has 19 heavy (non-hydrogen) atoms. The summed E-state index contributed by atoms with van der Waals surface area (Å²) >= 11 is 0.